The van der Waals surface area contributed by atoms with Crippen molar-refractivity contribution in [2.24, 2.45) is 7.05 Å². The number of halogens is 2. The van der Waals surface area contributed by atoms with E-state index in [0.29, 0.717) is 22.1 Å². The second kappa shape index (κ2) is 9.55. The SMILES string of the molecule is Cc1c(=O)n(C)c(Nc2ccc(I)cc2F)c2c(=O)n(C3CC3)c(=O)n(-c3cccc(N4CCNS4(=O)=O)c3)c12. The van der Waals surface area contributed by atoms with Gasteiger partial charge in [-0.05, 0) is 78.8 Å². The molecule has 40 heavy (non-hydrogen) atoms. The number of aryl methyl sites for hydroxylation is 1. The van der Waals surface area contributed by atoms with Crippen molar-refractivity contribution in [3.8, 4) is 5.69 Å². The Kier molecular flexibility index (Phi) is 6.38. The summed E-state index contributed by atoms with van der Waals surface area (Å²) in [7, 11) is -2.26. The number of pyridine rings is 1. The van der Waals surface area contributed by atoms with Crippen LogP contribution in [0, 0.1) is 16.3 Å². The van der Waals surface area contributed by atoms with Crippen LogP contribution in [0.4, 0.5) is 21.6 Å². The Balaban J connectivity index is 1.69. The molecule has 0 amide bonds. The molecule has 0 bridgehead atoms. The third-order valence-electron chi connectivity index (χ3n) is 7.20. The minimum absolute atomic E-state index is 0.0429. The van der Waals surface area contributed by atoms with E-state index in [0.717, 1.165) is 0 Å². The Bertz CT molecular complexity index is 2020. The van der Waals surface area contributed by atoms with Crippen LogP contribution in [0.1, 0.15) is 24.4 Å². The Labute approximate surface area is 241 Å². The van der Waals surface area contributed by atoms with E-state index < -0.39 is 32.8 Å². The fourth-order valence-corrected chi connectivity index (χ4v) is 6.78. The summed E-state index contributed by atoms with van der Waals surface area (Å²) in [4.78, 5) is 41.3. The van der Waals surface area contributed by atoms with Crippen LogP contribution in [0.2, 0.25) is 0 Å². The summed E-state index contributed by atoms with van der Waals surface area (Å²) < 4.78 is 47.9. The maximum absolute atomic E-state index is 14.9. The highest BCUT2D eigenvalue weighted by molar-refractivity contribution is 14.1. The lowest BCUT2D eigenvalue weighted by atomic mass is 10.1. The number of anilines is 3. The van der Waals surface area contributed by atoms with Crippen LogP contribution < -0.4 is 31.2 Å². The van der Waals surface area contributed by atoms with E-state index in [1.807, 2.05) is 22.6 Å². The predicted octanol–water partition coefficient (Wildman–Crippen LogP) is 2.64. The fourth-order valence-electron chi connectivity index (χ4n) is 5.10. The standard InChI is InChI=1S/C26H24FIN6O5S/c1-14-22-21(23(31(2)24(14)35)30-20-9-6-15(28)12-19(20)27)25(36)34(16-7-8-16)26(37)33(22)18-5-3-4-17(13-18)32-11-10-29-40(32,38)39/h3-6,9,12-13,16,29-30H,7-8,10-11H2,1-2H3. The van der Waals surface area contributed by atoms with Gasteiger partial charge in [0.2, 0.25) is 0 Å². The van der Waals surface area contributed by atoms with E-state index in [2.05, 4.69) is 10.0 Å². The van der Waals surface area contributed by atoms with Gasteiger partial charge < -0.3 is 5.32 Å². The van der Waals surface area contributed by atoms with Gasteiger partial charge in [0.15, 0.2) is 0 Å². The molecule has 4 aromatic rings. The van der Waals surface area contributed by atoms with E-state index in [-0.39, 0.29) is 52.8 Å². The molecule has 0 radical (unpaired) electrons. The molecule has 14 heteroatoms. The number of nitrogens with zero attached hydrogens (tertiary/aromatic N) is 4. The lowest BCUT2D eigenvalue weighted by molar-refractivity contribution is 0.591. The molecule has 1 aliphatic heterocycles. The average molecular weight is 678 g/mol. The molecule has 1 saturated carbocycles. The van der Waals surface area contributed by atoms with Crippen molar-refractivity contribution >= 4 is 60.9 Å². The summed E-state index contributed by atoms with van der Waals surface area (Å²) in [5, 5.41) is 2.98. The topological polar surface area (TPSA) is 127 Å². The molecule has 11 nitrogen and oxygen atoms in total. The second-order valence-corrected chi connectivity index (χ2v) is 12.8. The predicted molar refractivity (Wildman–Crippen MR) is 159 cm³/mol. The Morgan fingerprint density at radius 3 is 2.42 bits per heavy atom. The summed E-state index contributed by atoms with van der Waals surface area (Å²) in [5.74, 6) is -0.529. The van der Waals surface area contributed by atoms with E-state index in [1.165, 1.54) is 50.2 Å². The monoisotopic (exact) mass is 678 g/mol. The van der Waals surface area contributed by atoms with Gasteiger partial charge in [-0.3, -0.25) is 27.6 Å². The van der Waals surface area contributed by atoms with Gasteiger partial charge in [-0.2, -0.15) is 13.1 Å². The summed E-state index contributed by atoms with van der Waals surface area (Å²) in [6.45, 7) is 1.97. The molecule has 1 saturated heterocycles. The van der Waals surface area contributed by atoms with Crippen LogP contribution in [0.5, 0.6) is 0 Å². The molecule has 3 heterocycles. The van der Waals surface area contributed by atoms with Crippen LogP contribution in [-0.4, -0.2) is 35.2 Å². The number of hydrogen-bond donors (Lipinski definition) is 2. The smallest absolute Gasteiger partial charge is 0.336 e. The molecule has 6 rings (SSSR count). The van der Waals surface area contributed by atoms with Crippen molar-refractivity contribution in [3.63, 3.8) is 0 Å². The van der Waals surface area contributed by atoms with Gasteiger partial charge in [0.05, 0.1) is 22.6 Å². The summed E-state index contributed by atoms with van der Waals surface area (Å²) in [6.07, 6.45) is 1.27. The first-order valence-electron chi connectivity index (χ1n) is 12.5. The maximum Gasteiger partial charge on any atom is 0.336 e. The average Bonchev–Trinajstić information content (AvgIpc) is 3.67. The van der Waals surface area contributed by atoms with Gasteiger partial charge in [0.1, 0.15) is 17.0 Å². The molecule has 2 aliphatic rings. The molecule has 0 atom stereocenters. The zero-order valence-corrected chi connectivity index (χ0v) is 24.4. The Morgan fingerprint density at radius 1 is 1.05 bits per heavy atom. The van der Waals surface area contributed by atoms with E-state index >= 15 is 0 Å². The maximum atomic E-state index is 14.9. The van der Waals surface area contributed by atoms with Crippen molar-refractivity contribution in [2.45, 2.75) is 25.8 Å². The number of fused-ring (bicyclic) bond motifs is 1. The van der Waals surface area contributed by atoms with Gasteiger partial charge in [0.25, 0.3) is 11.1 Å². The van der Waals surface area contributed by atoms with Gasteiger partial charge in [-0.1, -0.05) is 6.07 Å². The van der Waals surface area contributed by atoms with E-state index in [1.54, 1.807) is 24.3 Å². The van der Waals surface area contributed by atoms with Crippen LogP contribution in [-0.2, 0) is 17.3 Å². The van der Waals surface area contributed by atoms with Crippen LogP contribution in [0.3, 0.4) is 0 Å². The molecule has 0 spiro atoms. The van der Waals surface area contributed by atoms with Crippen LogP contribution >= 0.6 is 22.6 Å². The van der Waals surface area contributed by atoms with Crippen molar-refractivity contribution in [2.75, 3.05) is 22.7 Å². The molecule has 2 aromatic carbocycles. The third kappa shape index (κ3) is 4.25. The molecule has 2 fully saturated rings. The first-order chi connectivity index (χ1) is 19.0. The Hall–Kier alpha value is -3.50. The van der Waals surface area contributed by atoms with Gasteiger partial charge in [-0.25, -0.2) is 9.18 Å². The van der Waals surface area contributed by atoms with Gasteiger partial charge >= 0.3 is 15.9 Å². The highest BCUT2D eigenvalue weighted by atomic mass is 127. The quantitative estimate of drug-likeness (QED) is 0.313. The van der Waals surface area contributed by atoms with Crippen molar-refractivity contribution in [1.82, 2.24) is 18.4 Å². The lowest BCUT2D eigenvalue weighted by Crippen LogP contribution is -2.41. The lowest BCUT2D eigenvalue weighted by Gasteiger charge is -2.22. The number of aromatic nitrogens is 3. The minimum atomic E-state index is -3.74. The fraction of sp³-hybridized carbons (Fsp3) is 0.269. The molecule has 2 aromatic heterocycles. The minimum Gasteiger partial charge on any atom is -0.338 e. The Morgan fingerprint density at radius 2 is 1.77 bits per heavy atom. The molecule has 2 N–H and O–H groups in total. The molecule has 0 unspecified atom stereocenters. The summed E-state index contributed by atoms with van der Waals surface area (Å²) in [6, 6.07) is 10.6. The second-order valence-electron chi connectivity index (χ2n) is 9.83. The number of rotatable bonds is 5. The van der Waals surface area contributed by atoms with Gasteiger partial charge in [0, 0.05) is 35.3 Å². The zero-order valence-electron chi connectivity index (χ0n) is 21.4. The summed E-state index contributed by atoms with van der Waals surface area (Å²) in [5.41, 5.74) is -0.827. The number of benzene rings is 2. The van der Waals surface area contributed by atoms with E-state index in [4.69, 9.17) is 0 Å². The first-order valence-corrected chi connectivity index (χ1v) is 15.0. The zero-order chi connectivity index (χ0) is 28.5. The highest BCUT2D eigenvalue weighted by Crippen LogP contribution is 2.34. The third-order valence-corrected chi connectivity index (χ3v) is 9.42. The van der Waals surface area contributed by atoms with E-state index in [9.17, 15) is 27.2 Å². The molecule has 208 valence electrons. The van der Waals surface area contributed by atoms with Crippen LogP contribution in [0.25, 0.3) is 16.6 Å². The van der Waals surface area contributed by atoms with Crippen LogP contribution in [0.15, 0.2) is 56.8 Å². The number of nitrogens with one attached hydrogen (secondary N) is 2. The number of hydrogen-bond acceptors (Lipinski definition) is 6. The molecular formula is C26H24FIN6O5S. The summed E-state index contributed by atoms with van der Waals surface area (Å²) >= 11 is 1.98. The van der Waals surface area contributed by atoms with Crippen molar-refractivity contribution in [1.29, 1.82) is 0 Å². The first kappa shape index (κ1) is 26.7. The van der Waals surface area contributed by atoms with Crippen molar-refractivity contribution < 1.29 is 12.8 Å². The molecule has 1 aliphatic carbocycles. The largest absolute Gasteiger partial charge is 0.338 e. The van der Waals surface area contributed by atoms with Gasteiger partial charge in [-0.15, -0.1) is 0 Å². The highest BCUT2D eigenvalue weighted by Gasteiger charge is 2.32. The van der Waals surface area contributed by atoms with Crippen molar-refractivity contribution in [3.05, 3.63) is 88.6 Å². The molecular weight excluding hydrogens is 654 g/mol. The normalized spacial score (nSPS) is 16.6.